The third-order valence-electron chi connectivity index (χ3n) is 3.92. The molecule has 2 heterocycles. The molecule has 1 aliphatic heterocycles. The number of aliphatic hydroxyl groups is 1. The van der Waals surface area contributed by atoms with E-state index in [-0.39, 0.29) is 6.10 Å². The van der Waals surface area contributed by atoms with Gasteiger partial charge in [-0.3, -0.25) is 0 Å². The molecule has 1 fully saturated rings. The molecule has 1 aliphatic rings. The van der Waals surface area contributed by atoms with Crippen molar-refractivity contribution in [3.05, 3.63) is 35.5 Å². The lowest BCUT2D eigenvalue weighted by molar-refractivity contribution is 0.102. The first kappa shape index (κ1) is 12.7. The molecule has 1 N–H and O–H groups in total. The van der Waals surface area contributed by atoms with E-state index in [9.17, 15) is 5.11 Å². The number of halogens is 1. The Labute approximate surface area is 117 Å². The van der Waals surface area contributed by atoms with Gasteiger partial charge in [0.25, 0.3) is 0 Å². The highest BCUT2D eigenvalue weighted by Crippen LogP contribution is 2.28. The number of benzene rings is 1. The molecule has 1 saturated heterocycles. The Morgan fingerprint density at radius 2 is 2.16 bits per heavy atom. The van der Waals surface area contributed by atoms with Crippen molar-refractivity contribution in [3.8, 4) is 0 Å². The summed E-state index contributed by atoms with van der Waals surface area (Å²) in [6.45, 7) is 3.63. The predicted octanol–water partition coefficient (Wildman–Crippen LogP) is 3.10. The zero-order chi connectivity index (χ0) is 13.4. The van der Waals surface area contributed by atoms with Gasteiger partial charge in [-0.2, -0.15) is 0 Å². The van der Waals surface area contributed by atoms with E-state index < -0.39 is 0 Å². The summed E-state index contributed by atoms with van der Waals surface area (Å²) in [4.78, 5) is 6.58. The zero-order valence-electron chi connectivity index (χ0n) is 10.9. The highest BCUT2D eigenvalue weighted by molar-refractivity contribution is 6.34. The second-order valence-electron chi connectivity index (χ2n) is 5.27. The van der Waals surface area contributed by atoms with E-state index in [2.05, 4.69) is 16.8 Å². The van der Waals surface area contributed by atoms with Crippen LogP contribution in [0.3, 0.4) is 0 Å². The fraction of sp³-hybridized carbons (Fsp3) is 0.400. The number of hydrogen-bond acceptors (Lipinski definition) is 3. The van der Waals surface area contributed by atoms with Crippen LogP contribution in [0.4, 0.5) is 5.82 Å². The van der Waals surface area contributed by atoms with Gasteiger partial charge in [0.05, 0.1) is 6.10 Å². The summed E-state index contributed by atoms with van der Waals surface area (Å²) in [5.41, 5.74) is 0. The number of nitrogens with zero attached hydrogens (tertiary/aromatic N) is 2. The fourth-order valence-corrected chi connectivity index (χ4v) is 2.82. The van der Waals surface area contributed by atoms with Gasteiger partial charge < -0.3 is 10.0 Å². The predicted molar refractivity (Wildman–Crippen MR) is 78.8 cm³/mol. The molecular formula is C15H17ClN2O. The smallest absolute Gasteiger partial charge is 0.139 e. The minimum atomic E-state index is -0.291. The lowest BCUT2D eigenvalue weighted by Gasteiger charge is -2.35. The van der Waals surface area contributed by atoms with E-state index in [1.165, 1.54) is 0 Å². The topological polar surface area (TPSA) is 36.4 Å². The Balaban J connectivity index is 1.97. The molecule has 1 aromatic carbocycles. The monoisotopic (exact) mass is 276 g/mol. The van der Waals surface area contributed by atoms with Crippen LogP contribution in [0.25, 0.3) is 10.8 Å². The molecule has 19 heavy (non-hydrogen) atoms. The summed E-state index contributed by atoms with van der Waals surface area (Å²) >= 11 is 6.25. The highest BCUT2D eigenvalue weighted by atomic mass is 35.5. The van der Waals surface area contributed by atoms with Crippen LogP contribution in [0.1, 0.15) is 13.3 Å². The van der Waals surface area contributed by atoms with Crippen molar-refractivity contribution in [3.63, 3.8) is 0 Å². The summed E-state index contributed by atoms with van der Waals surface area (Å²) in [7, 11) is 0. The van der Waals surface area contributed by atoms with Crippen LogP contribution in [0.2, 0.25) is 5.15 Å². The van der Waals surface area contributed by atoms with E-state index in [4.69, 9.17) is 11.6 Å². The molecule has 2 unspecified atom stereocenters. The summed E-state index contributed by atoms with van der Waals surface area (Å²) < 4.78 is 0. The molecule has 0 spiro atoms. The molecule has 0 saturated carbocycles. The summed E-state index contributed by atoms with van der Waals surface area (Å²) in [6, 6.07) is 10.0. The lowest BCUT2D eigenvalue weighted by atomic mass is 9.96. The van der Waals surface area contributed by atoms with Crippen molar-refractivity contribution >= 4 is 28.2 Å². The molecule has 1 aromatic heterocycles. The maximum absolute atomic E-state index is 9.99. The fourth-order valence-electron chi connectivity index (χ4n) is 2.56. The Morgan fingerprint density at radius 3 is 2.95 bits per heavy atom. The molecule has 3 rings (SSSR count). The van der Waals surface area contributed by atoms with E-state index in [1.54, 1.807) is 0 Å². The van der Waals surface area contributed by atoms with Gasteiger partial charge in [0.15, 0.2) is 0 Å². The molecule has 3 nitrogen and oxygen atoms in total. The molecule has 2 aromatic rings. The number of fused-ring (bicyclic) bond motifs is 1. The molecule has 0 radical (unpaired) electrons. The summed E-state index contributed by atoms with van der Waals surface area (Å²) in [5.74, 6) is 1.21. The van der Waals surface area contributed by atoms with Gasteiger partial charge in [0.2, 0.25) is 0 Å². The van der Waals surface area contributed by atoms with Crippen LogP contribution in [0, 0.1) is 5.92 Å². The number of rotatable bonds is 1. The largest absolute Gasteiger partial charge is 0.391 e. The number of pyridine rings is 1. The maximum atomic E-state index is 9.99. The summed E-state index contributed by atoms with van der Waals surface area (Å²) in [6.07, 6.45) is 0.689. The standard InChI is InChI=1S/C15H17ClN2O/c1-10-6-7-18(9-13(10)19)14-8-11-4-2-3-5-12(11)15(16)17-14/h2-5,8,10,13,19H,6-7,9H2,1H3. The van der Waals surface area contributed by atoms with Gasteiger partial charge in [0.1, 0.15) is 11.0 Å². The number of aromatic nitrogens is 1. The van der Waals surface area contributed by atoms with Crippen LogP contribution < -0.4 is 4.90 Å². The minimum absolute atomic E-state index is 0.291. The number of hydrogen-bond donors (Lipinski definition) is 1. The Morgan fingerprint density at radius 1 is 1.37 bits per heavy atom. The van der Waals surface area contributed by atoms with Crippen LogP contribution in [0.5, 0.6) is 0 Å². The van der Waals surface area contributed by atoms with Crippen molar-refractivity contribution < 1.29 is 5.11 Å². The molecule has 0 amide bonds. The normalized spacial score (nSPS) is 23.8. The minimum Gasteiger partial charge on any atom is -0.391 e. The molecule has 100 valence electrons. The van der Waals surface area contributed by atoms with Gasteiger partial charge >= 0.3 is 0 Å². The van der Waals surface area contributed by atoms with E-state index in [1.807, 2.05) is 30.3 Å². The number of β-amino-alcohol motifs (C(OH)–C–C–N with tert-alkyl or cyclic N) is 1. The van der Waals surface area contributed by atoms with Crippen molar-refractivity contribution in [1.82, 2.24) is 4.98 Å². The first-order chi connectivity index (χ1) is 9.15. The second-order valence-corrected chi connectivity index (χ2v) is 5.63. The zero-order valence-corrected chi connectivity index (χ0v) is 11.6. The van der Waals surface area contributed by atoms with Crippen LogP contribution in [-0.4, -0.2) is 29.3 Å². The molecule has 0 bridgehead atoms. The Hall–Kier alpha value is -1.32. The van der Waals surface area contributed by atoms with Crippen molar-refractivity contribution in [2.45, 2.75) is 19.4 Å². The molecule has 0 aliphatic carbocycles. The van der Waals surface area contributed by atoms with Crippen molar-refractivity contribution in [1.29, 1.82) is 0 Å². The first-order valence-corrected chi connectivity index (χ1v) is 7.01. The molecule has 4 heteroatoms. The molecule has 2 atom stereocenters. The van der Waals surface area contributed by atoms with Gasteiger partial charge in [-0.15, -0.1) is 0 Å². The van der Waals surface area contributed by atoms with Crippen LogP contribution in [0.15, 0.2) is 30.3 Å². The van der Waals surface area contributed by atoms with Crippen molar-refractivity contribution in [2.75, 3.05) is 18.0 Å². The van der Waals surface area contributed by atoms with Crippen molar-refractivity contribution in [2.24, 2.45) is 5.92 Å². The number of piperidine rings is 1. The molecular weight excluding hydrogens is 260 g/mol. The lowest BCUT2D eigenvalue weighted by Crippen LogP contribution is -2.43. The maximum Gasteiger partial charge on any atom is 0.139 e. The van der Waals surface area contributed by atoms with Crippen LogP contribution in [-0.2, 0) is 0 Å². The average Bonchev–Trinajstić information content (AvgIpc) is 2.42. The van der Waals surface area contributed by atoms with E-state index in [0.717, 1.165) is 29.6 Å². The van der Waals surface area contributed by atoms with E-state index in [0.29, 0.717) is 17.6 Å². The van der Waals surface area contributed by atoms with Gasteiger partial charge in [-0.05, 0) is 23.8 Å². The number of aliphatic hydroxyl groups excluding tert-OH is 1. The third kappa shape index (κ3) is 2.40. The summed E-state index contributed by atoms with van der Waals surface area (Å²) in [5, 5.41) is 12.6. The average molecular weight is 277 g/mol. The van der Waals surface area contributed by atoms with Gasteiger partial charge in [-0.1, -0.05) is 42.8 Å². The van der Waals surface area contributed by atoms with Crippen LogP contribution >= 0.6 is 11.6 Å². The second kappa shape index (κ2) is 4.99. The Kier molecular flexibility index (Phi) is 3.33. The SMILES string of the molecule is CC1CCN(c2cc3ccccc3c(Cl)n2)CC1O. The van der Waals surface area contributed by atoms with E-state index >= 15 is 0 Å². The quantitative estimate of drug-likeness (QED) is 0.813. The number of anilines is 1. The Bertz CT molecular complexity index is 602. The van der Waals surface area contributed by atoms with Gasteiger partial charge in [-0.25, -0.2) is 4.98 Å². The first-order valence-electron chi connectivity index (χ1n) is 6.63. The highest BCUT2D eigenvalue weighted by Gasteiger charge is 2.25. The third-order valence-corrected chi connectivity index (χ3v) is 4.21. The van der Waals surface area contributed by atoms with Gasteiger partial charge in [0, 0.05) is 18.5 Å².